The van der Waals surface area contributed by atoms with Crippen LogP contribution < -0.4 is 14.2 Å². The zero-order valence-corrected chi connectivity index (χ0v) is 62.7. The molecule has 0 aliphatic carbocycles. The Morgan fingerprint density at radius 3 is 1.73 bits per heavy atom. The van der Waals surface area contributed by atoms with Gasteiger partial charge < -0.3 is 51.1 Å². The summed E-state index contributed by atoms with van der Waals surface area (Å²) in [6.45, 7) is 59.3. The van der Waals surface area contributed by atoms with Crippen molar-refractivity contribution >= 4 is 59.4 Å². The van der Waals surface area contributed by atoms with E-state index in [1.165, 1.54) is 14.2 Å². The fourth-order valence-corrected chi connectivity index (χ4v) is 17.7. The zero-order valence-electron chi connectivity index (χ0n) is 57.7. The average Bonchev–Trinajstić information content (AvgIpc) is 1.79. The molecule has 14 nitrogen and oxygen atoms in total. The van der Waals surface area contributed by atoms with Crippen LogP contribution in [0.5, 0.6) is 11.5 Å². The van der Waals surface area contributed by atoms with Crippen molar-refractivity contribution in [1.82, 2.24) is 5.32 Å². The molecule has 0 radical (unpaired) electrons. The topological polar surface area (TPSA) is 156 Å². The largest absolute Gasteiger partial charge is 0.543 e. The van der Waals surface area contributed by atoms with Gasteiger partial charge in [0, 0.05) is 38.0 Å². The van der Waals surface area contributed by atoms with Crippen molar-refractivity contribution < 1.29 is 60.2 Å². The average molecular weight is 1260 g/mol. The monoisotopic (exact) mass is 1260 g/mol. The van der Waals surface area contributed by atoms with Gasteiger partial charge in [0.15, 0.2) is 31.2 Å². The van der Waals surface area contributed by atoms with E-state index in [4.69, 9.17) is 45.8 Å². The summed E-state index contributed by atoms with van der Waals surface area (Å²) in [6.07, 6.45) is -4.18. The number of amides is 1. The van der Waals surface area contributed by atoms with Crippen molar-refractivity contribution in [2.24, 2.45) is 11.3 Å². The van der Waals surface area contributed by atoms with Gasteiger partial charge in [-0.25, -0.2) is 9.59 Å². The molecule has 0 saturated carbocycles. The standard InChI is InChI=1S/C65H117NO13Si5/c1-30-84(31-2,32-3)79-55-43-53(59(71-19)66-58(67)57(52(70-18)38-44(4)5)74-60(68)46-36-34-33-35-37-46)73-54(65(55,16)17)42-50(76-80(21,22)23)45(6)49(77-82(26,27)63(10,11)12)40-47-39-48(75-81(24,25)62(7,8)9)41-51(56(47)61(69)72-20)78-83(28,29)64(13,14)15/h33-37,39,41,45,49-50,52-55,57,59H,4,30-32,38,40,42-43H2,1-3,5-29H3,(H,66,67)/t45-,49+,50-,52-,53-,54+,55+,57-,59?/m0/s1. The zero-order chi connectivity index (χ0) is 64.6. The number of carbonyl (C=O) groups excluding carboxylic acids is 3. The Labute approximate surface area is 515 Å². The summed E-state index contributed by atoms with van der Waals surface area (Å²) in [7, 11) is -7.75. The second kappa shape index (κ2) is 29.6. The number of ether oxygens (including phenoxy) is 5. The van der Waals surface area contributed by atoms with Crippen molar-refractivity contribution in [3.63, 3.8) is 0 Å². The Balaban J connectivity index is 2.40. The lowest BCUT2D eigenvalue weighted by molar-refractivity contribution is -0.213. The molecular formula is C65H117NO13Si5. The summed E-state index contributed by atoms with van der Waals surface area (Å²) in [5, 5.41) is 2.64. The van der Waals surface area contributed by atoms with E-state index in [1.54, 1.807) is 31.4 Å². The van der Waals surface area contributed by atoms with E-state index in [0.717, 1.165) is 29.3 Å². The van der Waals surface area contributed by atoms with Gasteiger partial charge in [-0.2, -0.15) is 0 Å². The summed E-state index contributed by atoms with van der Waals surface area (Å²) < 4.78 is 68.4. The maximum absolute atomic E-state index is 14.8. The van der Waals surface area contributed by atoms with Gasteiger partial charge >= 0.3 is 11.9 Å². The summed E-state index contributed by atoms with van der Waals surface area (Å²) in [6, 6.07) is 15.3. The number of carbonyl (C=O) groups is 3. The number of esters is 2. The van der Waals surface area contributed by atoms with Crippen LogP contribution in [0.2, 0.25) is 92.2 Å². The second-order valence-electron chi connectivity index (χ2n) is 30.0. The highest BCUT2D eigenvalue weighted by Crippen LogP contribution is 2.48. The predicted octanol–water partition coefficient (Wildman–Crippen LogP) is 16.3. The lowest BCUT2D eigenvalue weighted by Crippen LogP contribution is -2.61. The maximum atomic E-state index is 14.8. The summed E-state index contributed by atoms with van der Waals surface area (Å²) in [5.41, 5.74) is 1.58. The molecule has 1 heterocycles. The molecule has 2 aromatic rings. The molecule has 0 spiro atoms. The lowest BCUT2D eigenvalue weighted by atomic mass is 9.73. The summed E-state index contributed by atoms with van der Waals surface area (Å²) >= 11 is 0. The summed E-state index contributed by atoms with van der Waals surface area (Å²) in [4.78, 5) is 43.1. The molecule has 9 atom stereocenters. The van der Waals surface area contributed by atoms with Gasteiger partial charge in [-0.1, -0.05) is 128 Å². The molecule has 1 unspecified atom stereocenters. The van der Waals surface area contributed by atoms with Gasteiger partial charge in [0.2, 0.25) is 14.4 Å². The van der Waals surface area contributed by atoms with Crippen LogP contribution in [0.15, 0.2) is 54.6 Å². The minimum absolute atomic E-state index is 0.115. The van der Waals surface area contributed by atoms with Gasteiger partial charge in [0.1, 0.15) is 29.3 Å². The number of methoxy groups -OCH3 is 3. The van der Waals surface area contributed by atoms with Crippen molar-refractivity contribution in [2.75, 3.05) is 21.3 Å². The highest BCUT2D eigenvalue weighted by atomic mass is 28.4. The third kappa shape index (κ3) is 19.8. The maximum Gasteiger partial charge on any atom is 0.341 e. The first-order valence-electron chi connectivity index (χ1n) is 30.9. The van der Waals surface area contributed by atoms with Gasteiger partial charge in [-0.05, 0) is 142 Å². The van der Waals surface area contributed by atoms with Crippen LogP contribution in [0, 0.1) is 11.3 Å². The molecule has 3 rings (SSSR count). The molecule has 1 aliphatic rings. The first-order chi connectivity index (χ1) is 38.3. The number of nitrogens with one attached hydrogen (secondary N) is 1. The number of hydrogen-bond acceptors (Lipinski definition) is 13. The van der Waals surface area contributed by atoms with E-state index < -0.39 is 108 Å². The van der Waals surface area contributed by atoms with E-state index in [2.05, 4.69) is 175 Å². The Kier molecular flexibility index (Phi) is 26.5. The van der Waals surface area contributed by atoms with Crippen molar-refractivity contribution in [2.45, 2.75) is 278 Å². The van der Waals surface area contributed by atoms with E-state index >= 15 is 0 Å². The quantitative estimate of drug-likeness (QED) is 0.0342. The van der Waals surface area contributed by atoms with Crippen LogP contribution in [0.3, 0.4) is 0 Å². The van der Waals surface area contributed by atoms with E-state index in [0.29, 0.717) is 41.9 Å². The second-order valence-corrected chi connectivity index (χ2v) is 53.4. The van der Waals surface area contributed by atoms with Gasteiger partial charge in [0.25, 0.3) is 14.2 Å². The molecule has 2 aromatic carbocycles. The van der Waals surface area contributed by atoms with Crippen LogP contribution in [0.25, 0.3) is 0 Å². The van der Waals surface area contributed by atoms with Crippen LogP contribution >= 0.6 is 0 Å². The van der Waals surface area contributed by atoms with Crippen LogP contribution in [-0.4, -0.2) is 130 Å². The summed E-state index contributed by atoms with van der Waals surface area (Å²) in [5.74, 6) is -0.908. The Morgan fingerprint density at radius 2 is 1.26 bits per heavy atom. The molecule has 1 aliphatic heterocycles. The molecule has 1 saturated heterocycles. The molecule has 0 aromatic heterocycles. The molecule has 19 heteroatoms. The minimum atomic E-state index is -2.59. The number of hydrogen-bond donors (Lipinski definition) is 1. The molecule has 0 bridgehead atoms. The van der Waals surface area contributed by atoms with Crippen LogP contribution in [0.1, 0.15) is 156 Å². The SMILES string of the molecule is C=C(C)C[C@H](OC)[C@H](OC(=O)c1ccccc1)C(=O)NC(OC)[C@@H]1C[C@@H](O[Si](CC)(CC)CC)C(C)(C)[C@@H](C[C@H](O[Si](C)(C)C)[C@@H](C)[C@@H](Cc2cc(O[Si](C)(C)C(C)(C)C)cc(O[Si](C)(C)C(C)(C)C)c2C(=O)OC)O[Si](C)(C)C(C)(C)C)O1. The smallest absolute Gasteiger partial charge is 0.341 e. The van der Waals surface area contributed by atoms with Crippen LogP contribution in [-0.2, 0) is 48.2 Å². The Bertz CT molecular complexity index is 2460. The Morgan fingerprint density at radius 1 is 0.726 bits per heavy atom. The van der Waals surface area contributed by atoms with E-state index in [9.17, 15) is 14.4 Å². The highest BCUT2D eigenvalue weighted by Gasteiger charge is 2.53. The molecule has 84 heavy (non-hydrogen) atoms. The van der Waals surface area contributed by atoms with Gasteiger partial charge in [0.05, 0.1) is 37.1 Å². The first kappa shape index (κ1) is 75.3. The fourth-order valence-electron chi connectivity index (χ4n) is 10.00. The van der Waals surface area contributed by atoms with Gasteiger partial charge in [-0.15, -0.1) is 6.58 Å². The van der Waals surface area contributed by atoms with E-state index in [-0.39, 0.29) is 33.6 Å². The molecule has 1 fully saturated rings. The first-order valence-corrected chi connectivity index (χ1v) is 45.5. The fraction of sp³-hybridized carbons (Fsp3) is 0.738. The predicted molar refractivity (Wildman–Crippen MR) is 355 cm³/mol. The minimum Gasteiger partial charge on any atom is -0.543 e. The van der Waals surface area contributed by atoms with Crippen molar-refractivity contribution in [3.8, 4) is 11.5 Å². The molecule has 480 valence electrons. The van der Waals surface area contributed by atoms with Crippen LogP contribution in [0.4, 0.5) is 0 Å². The van der Waals surface area contributed by atoms with Crippen molar-refractivity contribution in [3.05, 3.63) is 71.3 Å². The Hall–Kier alpha value is -2.97. The molecule has 1 amide bonds. The lowest BCUT2D eigenvalue weighted by Gasteiger charge is -2.53. The normalized spacial score (nSPS) is 19.7. The van der Waals surface area contributed by atoms with Gasteiger partial charge in [-0.3, -0.25) is 4.79 Å². The molecular weight excluding hydrogens is 1140 g/mol. The van der Waals surface area contributed by atoms with Crippen molar-refractivity contribution in [1.29, 1.82) is 0 Å². The highest BCUT2D eigenvalue weighted by molar-refractivity contribution is 6.76. The molecule has 1 N–H and O–H groups in total. The number of benzene rings is 2. The van der Waals surface area contributed by atoms with E-state index in [1.807, 2.05) is 25.1 Å². The third-order valence-electron chi connectivity index (χ3n) is 19.0. The third-order valence-corrected chi connectivity index (χ3v) is 37.9. The number of rotatable bonds is 30.